The summed E-state index contributed by atoms with van der Waals surface area (Å²) in [5.41, 5.74) is 3.73. The Labute approximate surface area is 181 Å². The van der Waals surface area contributed by atoms with Gasteiger partial charge in [0.1, 0.15) is 24.0 Å². The van der Waals surface area contributed by atoms with Gasteiger partial charge < -0.3 is 9.47 Å². The second kappa shape index (κ2) is 7.81. The van der Waals surface area contributed by atoms with Crippen LogP contribution in [0.25, 0.3) is 22.3 Å². The number of aryl methyl sites for hydroxylation is 2. The summed E-state index contributed by atoms with van der Waals surface area (Å²) in [4.78, 5) is 19.3. The predicted molar refractivity (Wildman–Crippen MR) is 113 cm³/mol. The highest BCUT2D eigenvalue weighted by Crippen LogP contribution is 2.32. The summed E-state index contributed by atoms with van der Waals surface area (Å²) in [6, 6.07) is 6.85. The van der Waals surface area contributed by atoms with Gasteiger partial charge in [0.25, 0.3) is 5.91 Å². The topological polar surface area (TPSA) is 56.0 Å². The molecule has 0 unspecified atom stereocenters. The Hall–Kier alpha value is -3.62. The van der Waals surface area contributed by atoms with Crippen LogP contribution in [0.5, 0.6) is 0 Å². The third kappa shape index (κ3) is 3.34. The van der Waals surface area contributed by atoms with E-state index in [-0.39, 0.29) is 19.0 Å². The molecule has 164 valence electrons. The number of nitrogens with zero attached hydrogens (tertiary/aromatic N) is 5. The molecule has 3 aromatic heterocycles. The van der Waals surface area contributed by atoms with E-state index in [1.54, 1.807) is 45.7 Å². The molecule has 0 radical (unpaired) electrons. The highest BCUT2D eigenvalue weighted by Gasteiger charge is 2.29. The van der Waals surface area contributed by atoms with E-state index in [9.17, 15) is 18.0 Å². The van der Waals surface area contributed by atoms with Gasteiger partial charge in [0, 0.05) is 48.6 Å². The lowest BCUT2D eigenvalue weighted by Crippen LogP contribution is -2.36. The van der Waals surface area contributed by atoms with Gasteiger partial charge in [0.15, 0.2) is 0 Å². The van der Waals surface area contributed by atoms with Gasteiger partial charge >= 0.3 is 0 Å². The summed E-state index contributed by atoms with van der Waals surface area (Å²) >= 11 is 0. The Balaban J connectivity index is 1.47. The van der Waals surface area contributed by atoms with Gasteiger partial charge in [-0.15, -0.1) is 0 Å². The molecule has 1 aliphatic heterocycles. The number of amides is 1. The lowest BCUT2D eigenvalue weighted by atomic mass is 9.99. The van der Waals surface area contributed by atoms with E-state index >= 15 is 0 Å². The van der Waals surface area contributed by atoms with Crippen molar-refractivity contribution in [1.82, 2.24) is 24.2 Å². The van der Waals surface area contributed by atoms with Crippen LogP contribution in [0.1, 0.15) is 21.6 Å². The fourth-order valence-electron chi connectivity index (χ4n) is 4.46. The highest BCUT2D eigenvalue weighted by molar-refractivity contribution is 6.05. The van der Waals surface area contributed by atoms with E-state index in [2.05, 4.69) is 10.1 Å². The van der Waals surface area contributed by atoms with Crippen molar-refractivity contribution in [2.75, 3.05) is 13.2 Å². The van der Waals surface area contributed by atoms with Crippen molar-refractivity contribution in [3.8, 4) is 11.3 Å². The smallest absolute Gasteiger partial charge is 0.255 e. The molecule has 4 heterocycles. The number of alkyl halides is 1. The van der Waals surface area contributed by atoms with Gasteiger partial charge in [-0.25, -0.2) is 18.2 Å². The van der Waals surface area contributed by atoms with Gasteiger partial charge in [-0.2, -0.15) is 5.10 Å². The molecule has 4 aromatic rings. The van der Waals surface area contributed by atoms with E-state index in [1.165, 1.54) is 12.1 Å². The van der Waals surface area contributed by atoms with Crippen LogP contribution in [0.2, 0.25) is 0 Å². The molecular formula is C23H20F3N5O. The maximum absolute atomic E-state index is 13.8. The van der Waals surface area contributed by atoms with Gasteiger partial charge in [0.2, 0.25) is 0 Å². The molecule has 0 saturated carbocycles. The fourth-order valence-corrected chi connectivity index (χ4v) is 4.46. The molecule has 1 aliphatic rings. The number of pyridine rings is 1. The maximum atomic E-state index is 13.8. The summed E-state index contributed by atoms with van der Waals surface area (Å²) in [6.45, 7) is 0.389. The molecule has 0 fully saturated rings. The van der Waals surface area contributed by atoms with Crippen molar-refractivity contribution in [2.45, 2.75) is 19.5 Å². The summed E-state index contributed by atoms with van der Waals surface area (Å²) in [6.07, 6.45) is 3.79. The van der Waals surface area contributed by atoms with Crippen LogP contribution < -0.4 is 0 Å². The average Bonchev–Trinajstić information content (AvgIpc) is 3.32. The molecule has 5 rings (SSSR count). The maximum Gasteiger partial charge on any atom is 0.255 e. The molecule has 1 amide bonds. The second-order valence-corrected chi connectivity index (χ2v) is 7.83. The molecule has 0 bridgehead atoms. The number of rotatable bonds is 4. The molecule has 0 spiro atoms. The Morgan fingerprint density at radius 1 is 1.16 bits per heavy atom. The number of carbonyl (C=O) groups excluding carboxylic acids is 1. The molecule has 1 aromatic carbocycles. The van der Waals surface area contributed by atoms with Crippen molar-refractivity contribution in [3.05, 3.63) is 71.2 Å². The lowest BCUT2D eigenvalue weighted by Gasteiger charge is -2.27. The normalized spacial score (nSPS) is 13.6. The standard InChI is InChI=1S/C23H20F3N5O/c1-29-21(14-10-15(25)12-16(26)11-14)19-4-8-31(13-20(19)28-29)23(32)18-2-6-27-22-17(18)3-7-30(22)9-5-24/h2-3,6-7,10-12H,4-5,8-9,13H2,1H3. The van der Waals surface area contributed by atoms with Crippen LogP contribution in [0.15, 0.2) is 42.7 Å². The zero-order valence-electron chi connectivity index (χ0n) is 17.4. The van der Waals surface area contributed by atoms with Crippen LogP contribution in [0.4, 0.5) is 13.2 Å². The Morgan fingerprint density at radius 2 is 1.94 bits per heavy atom. The molecule has 9 heteroatoms. The minimum atomic E-state index is -0.649. The van der Waals surface area contributed by atoms with E-state index < -0.39 is 18.3 Å². The molecule has 0 aliphatic carbocycles. The Morgan fingerprint density at radius 3 is 2.69 bits per heavy atom. The minimum absolute atomic E-state index is 0.162. The fraction of sp³-hybridized carbons (Fsp3) is 0.261. The molecule has 32 heavy (non-hydrogen) atoms. The van der Waals surface area contributed by atoms with Gasteiger partial charge in [-0.05, 0) is 30.7 Å². The third-order valence-corrected chi connectivity index (χ3v) is 5.84. The van der Waals surface area contributed by atoms with Crippen molar-refractivity contribution in [1.29, 1.82) is 0 Å². The highest BCUT2D eigenvalue weighted by atomic mass is 19.1. The zero-order valence-corrected chi connectivity index (χ0v) is 17.4. The monoisotopic (exact) mass is 439 g/mol. The number of hydrogen-bond acceptors (Lipinski definition) is 3. The number of benzene rings is 1. The average molecular weight is 439 g/mol. The van der Waals surface area contributed by atoms with E-state index in [0.29, 0.717) is 46.5 Å². The summed E-state index contributed by atoms with van der Waals surface area (Å²) < 4.78 is 43.6. The Bertz CT molecular complexity index is 1320. The van der Waals surface area contributed by atoms with Crippen LogP contribution in [0.3, 0.4) is 0 Å². The molecular weight excluding hydrogens is 419 g/mol. The molecule has 6 nitrogen and oxygen atoms in total. The third-order valence-electron chi connectivity index (χ3n) is 5.84. The van der Waals surface area contributed by atoms with Gasteiger partial charge in [0.05, 0.1) is 30.0 Å². The van der Waals surface area contributed by atoms with Gasteiger partial charge in [-0.3, -0.25) is 9.48 Å². The number of fused-ring (bicyclic) bond motifs is 2. The summed E-state index contributed by atoms with van der Waals surface area (Å²) in [5.74, 6) is -1.46. The van der Waals surface area contributed by atoms with Crippen LogP contribution in [-0.2, 0) is 26.6 Å². The van der Waals surface area contributed by atoms with Crippen LogP contribution >= 0.6 is 0 Å². The van der Waals surface area contributed by atoms with Crippen molar-refractivity contribution >= 4 is 16.9 Å². The van der Waals surface area contributed by atoms with Crippen molar-refractivity contribution in [3.63, 3.8) is 0 Å². The zero-order chi connectivity index (χ0) is 22.4. The quantitative estimate of drug-likeness (QED) is 0.485. The van der Waals surface area contributed by atoms with Crippen molar-refractivity contribution in [2.24, 2.45) is 7.05 Å². The second-order valence-electron chi connectivity index (χ2n) is 7.83. The molecule has 0 saturated heterocycles. The van der Waals surface area contributed by atoms with Crippen molar-refractivity contribution < 1.29 is 18.0 Å². The first-order valence-electron chi connectivity index (χ1n) is 10.3. The van der Waals surface area contributed by atoms with Crippen LogP contribution in [0, 0.1) is 11.6 Å². The number of carbonyl (C=O) groups is 1. The SMILES string of the molecule is Cn1nc2c(c1-c1cc(F)cc(F)c1)CCN(C(=O)c1ccnc3c1ccn3CCF)C2. The van der Waals surface area contributed by atoms with E-state index in [1.807, 2.05) is 0 Å². The number of hydrogen-bond donors (Lipinski definition) is 0. The van der Waals surface area contributed by atoms with E-state index in [4.69, 9.17) is 0 Å². The molecule has 0 atom stereocenters. The minimum Gasteiger partial charge on any atom is -0.332 e. The Kier molecular flexibility index (Phi) is 4.96. The number of aromatic nitrogens is 4. The summed E-state index contributed by atoms with van der Waals surface area (Å²) in [7, 11) is 1.72. The first-order valence-corrected chi connectivity index (χ1v) is 10.3. The molecule has 0 N–H and O–H groups in total. The number of halogens is 3. The summed E-state index contributed by atoms with van der Waals surface area (Å²) in [5, 5.41) is 5.20. The first-order chi connectivity index (χ1) is 15.5. The van der Waals surface area contributed by atoms with Crippen LogP contribution in [-0.4, -0.2) is 43.4 Å². The first kappa shape index (κ1) is 20.3. The van der Waals surface area contributed by atoms with Gasteiger partial charge in [-0.1, -0.05) is 0 Å². The van der Waals surface area contributed by atoms with E-state index in [0.717, 1.165) is 11.6 Å². The predicted octanol–water partition coefficient (Wildman–Crippen LogP) is 3.88. The largest absolute Gasteiger partial charge is 0.332 e. The lowest BCUT2D eigenvalue weighted by molar-refractivity contribution is 0.0734.